The maximum Gasteiger partial charge on any atom is 0.118 e. The summed E-state index contributed by atoms with van der Waals surface area (Å²) in [6.45, 7) is 12.3. The molecule has 0 unspecified atom stereocenters. The monoisotopic (exact) mass is 279 g/mol. The van der Waals surface area contributed by atoms with Crippen molar-refractivity contribution in [2.45, 2.75) is 34.3 Å². The molecule has 1 aromatic carbocycles. The van der Waals surface area contributed by atoms with Gasteiger partial charge in [0.2, 0.25) is 0 Å². The van der Waals surface area contributed by atoms with Crippen molar-refractivity contribution in [1.29, 1.82) is 0 Å². The highest BCUT2D eigenvalue weighted by molar-refractivity contribution is 5.26. The molecule has 0 fully saturated rings. The van der Waals surface area contributed by atoms with Crippen LogP contribution in [0, 0.1) is 11.3 Å². The zero-order valence-electron chi connectivity index (χ0n) is 13.5. The second-order valence-electron chi connectivity index (χ2n) is 6.53. The lowest BCUT2D eigenvalue weighted by Gasteiger charge is -2.25. The van der Waals surface area contributed by atoms with Gasteiger partial charge in [-0.15, -0.1) is 0 Å². The third-order valence-electron chi connectivity index (χ3n) is 3.08. The fourth-order valence-corrected chi connectivity index (χ4v) is 1.92. The molecule has 3 nitrogen and oxygen atoms in total. The molecular formula is C17H29NO2. The average molecular weight is 279 g/mol. The van der Waals surface area contributed by atoms with Gasteiger partial charge in [0.15, 0.2) is 0 Å². The van der Waals surface area contributed by atoms with E-state index in [1.54, 1.807) is 7.11 Å². The van der Waals surface area contributed by atoms with Gasteiger partial charge in [-0.3, -0.25) is 0 Å². The molecule has 0 saturated heterocycles. The van der Waals surface area contributed by atoms with E-state index in [2.05, 4.69) is 33.0 Å². The normalized spacial score (nSPS) is 11.9. The van der Waals surface area contributed by atoms with E-state index in [-0.39, 0.29) is 5.41 Å². The van der Waals surface area contributed by atoms with E-state index in [9.17, 15) is 0 Å². The average Bonchev–Trinajstić information content (AvgIpc) is 2.38. The number of rotatable bonds is 9. The highest BCUT2D eigenvalue weighted by atomic mass is 16.5. The summed E-state index contributed by atoms with van der Waals surface area (Å²) in [4.78, 5) is 0. The summed E-state index contributed by atoms with van der Waals surface area (Å²) < 4.78 is 11.0. The number of nitrogens with one attached hydrogen (secondary N) is 1. The molecule has 0 bridgehead atoms. The maximum absolute atomic E-state index is 5.83. The van der Waals surface area contributed by atoms with E-state index in [0.717, 1.165) is 25.4 Å². The summed E-state index contributed by atoms with van der Waals surface area (Å²) in [5.41, 5.74) is 1.33. The Kier molecular flexibility index (Phi) is 7.03. The fraction of sp³-hybridized carbons (Fsp3) is 0.647. The maximum atomic E-state index is 5.83. The Morgan fingerprint density at radius 2 is 1.80 bits per heavy atom. The van der Waals surface area contributed by atoms with E-state index in [4.69, 9.17) is 9.47 Å². The van der Waals surface area contributed by atoms with E-state index < -0.39 is 0 Å². The lowest BCUT2D eigenvalue weighted by Crippen LogP contribution is -2.35. The van der Waals surface area contributed by atoms with Crippen molar-refractivity contribution in [3.05, 3.63) is 29.8 Å². The molecule has 1 rings (SSSR count). The van der Waals surface area contributed by atoms with Crippen molar-refractivity contribution in [2.24, 2.45) is 11.3 Å². The Balaban J connectivity index is 2.27. The first kappa shape index (κ1) is 17.0. The van der Waals surface area contributed by atoms with Crippen molar-refractivity contribution >= 4 is 0 Å². The first-order chi connectivity index (χ1) is 9.43. The van der Waals surface area contributed by atoms with Crippen molar-refractivity contribution in [1.82, 2.24) is 5.32 Å². The molecule has 0 aliphatic carbocycles. The standard InChI is InChI=1S/C17H29NO2/c1-14(2)10-18-12-17(3,4)13-20-11-15-6-8-16(19-5)9-7-15/h6-9,14,18H,10-13H2,1-5H3. The van der Waals surface area contributed by atoms with Crippen molar-refractivity contribution in [2.75, 3.05) is 26.8 Å². The zero-order chi connectivity index (χ0) is 15.0. The number of methoxy groups -OCH3 is 1. The second kappa shape index (κ2) is 8.28. The second-order valence-corrected chi connectivity index (χ2v) is 6.53. The van der Waals surface area contributed by atoms with Gasteiger partial charge in [0.1, 0.15) is 5.75 Å². The lowest BCUT2D eigenvalue weighted by atomic mass is 9.94. The van der Waals surface area contributed by atoms with Crippen LogP contribution >= 0.6 is 0 Å². The van der Waals surface area contributed by atoms with Gasteiger partial charge >= 0.3 is 0 Å². The molecule has 0 aliphatic rings. The van der Waals surface area contributed by atoms with Crippen LogP contribution in [-0.4, -0.2) is 26.8 Å². The molecule has 20 heavy (non-hydrogen) atoms. The van der Waals surface area contributed by atoms with Crippen LogP contribution in [0.25, 0.3) is 0 Å². The first-order valence-corrected chi connectivity index (χ1v) is 7.34. The molecular weight excluding hydrogens is 250 g/mol. The molecule has 0 aliphatic heterocycles. The highest BCUT2D eigenvalue weighted by Gasteiger charge is 2.17. The molecule has 0 atom stereocenters. The highest BCUT2D eigenvalue weighted by Crippen LogP contribution is 2.16. The summed E-state index contributed by atoms with van der Waals surface area (Å²) >= 11 is 0. The van der Waals surface area contributed by atoms with Crippen LogP contribution in [0.2, 0.25) is 0 Å². The van der Waals surface area contributed by atoms with Crippen LogP contribution in [0.4, 0.5) is 0 Å². The first-order valence-electron chi connectivity index (χ1n) is 7.34. The van der Waals surface area contributed by atoms with E-state index in [0.29, 0.717) is 12.5 Å². The van der Waals surface area contributed by atoms with Gasteiger partial charge in [0.05, 0.1) is 20.3 Å². The van der Waals surface area contributed by atoms with Crippen LogP contribution in [0.3, 0.4) is 0 Å². The predicted octanol–water partition coefficient (Wildman–Crippen LogP) is 3.48. The summed E-state index contributed by atoms with van der Waals surface area (Å²) in [7, 11) is 1.68. The number of ether oxygens (including phenoxy) is 2. The molecule has 0 saturated carbocycles. The predicted molar refractivity (Wildman–Crippen MR) is 84.1 cm³/mol. The van der Waals surface area contributed by atoms with E-state index in [1.807, 2.05) is 24.3 Å². The topological polar surface area (TPSA) is 30.5 Å². The van der Waals surface area contributed by atoms with Gasteiger partial charge in [0.25, 0.3) is 0 Å². The Labute approximate surface area is 123 Å². The third kappa shape index (κ3) is 6.92. The van der Waals surface area contributed by atoms with Gasteiger partial charge in [-0.2, -0.15) is 0 Å². The third-order valence-corrected chi connectivity index (χ3v) is 3.08. The molecule has 1 aromatic rings. The quantitative estimate of drug-likeness (QED) is 0.750. The Bertz CT molecular complexity index is 371. The van der Waals surface area contributed by atoms with Gasteiger partial charge in [-0.1, -0.05) is 39.8 Å². The van der Waals surface area contributed by atoms with Crippen LogP contribution in [0.5, 0.6) is 5.75 Å². The minimum atomic E-state index is 0.154. The van der Waals surface area contributed by atoms with Gasteiger partial charge in [-0.05, 0) is 30.2 Å². The van der Waals surface area contributed by atoms with Crippen molar-refractivity contribution in [3.63, 3.8) is 0 Å². The number of benzene rings is 1. The molecule has 0 radical (unpaired) electrons. The molecule has 0 heterocycles. The number of hydrogen-bond donors (Lipinski definition) is 1. The molecule has 0 spiro atoms. The van der Waals surface area contributed by atoms with Crippen LogP contribution in [-0.2, 0) is 11.3 Å². The molecule has 3 heteroatoms. The Morgan fingerprint density at radius 3 is 2.35 bits per heavy atom. The molecule has 1 N–H and O–H groups in total. The minimum absolute atomic E-state index is 0.154. The number of hydrogen-bond acceptors (Lipinski definition) is 3. The molecule has 0 aromatic heterocycles. The fourth-order valence-electron chi connectivity index (χ4n) is 1.92. The zero-order valence-corrected chi connectivity index (χ0v) is 13.5. The van der Waals surface area contributed by atoms with Crippen LogP contribution < -0.4 is 10.1 Å². The van der Waals surface area contributed by atoms with Crippen LogP contribution in [0.1, 0.15) is 33.3 Å². The summed E-state index contributed by atoms with van der Waals surface area (Å²) in [6.07, 6.45) is 0. The molecule has 0 amide bonds. The van der Waals surface area contributed by atoms with Crippen molar-refractivity contribution in [3.8, 4) is 5.75 Å². The van der Waals surface area contributed by atoms with Gasteiger partial charge < -0.3 is 14.8 Å². The molecule has 114 valence electrons. The minimum Gasteiger partial charge on any atom is -0.497 e. The Morgan fingerprint density at radius 1 is 1.15 bits per heavy atom. The summed E-state index contributed by atoms with van der Waals surface area (Å²) in [6, 6.07) is 8.02. The Hall–Kier alpha value is -1.06. The summed E-state index contributed by atoms with van der Waals surface area (Å²) in [5, 5.41) is 3.49. The van der Waals surface area contributed by atoms with Crippen LogP contribution in [0.15, 0.2) is 24.3 Å². The van der Waals surface area contributed by atoms with E-state index >= 15 is 0 Å². The lowest BCUT2D eigenvalue weighted by molar-refractivity contribution is 0.0510. The SMILES string of the molecule is COc1ccc(COCC(C)(C)CNCC(C)C)cc1. The summed E-state index contributed by atoms with van der Waals surface area (Å²) in [5.74, 6) is 1.57. The largest absolute Gasteiger partial charge is 0.497 e. The van der Waals surface area contributed by atoms with Crippen molar-refractivity contribution < 1.29 is 9.47 Å². The van der Waals surface area contributed by atoms with E-state index in [1.165, 1.54) is 5.56 Å². The van der Waals surface area contributed by atoms with Gasteiger partial charge in [0, 0.05) is 12.0 Å². The van der Waals surface area contributed by atoms with Gasteiger partial charge in [-0.25, -0.2) is 0 Å². The smallest absolute Gasteiger partial charge is 0.118 e.